The van der Waals surface area contributed by atoms with Gasteiger partial charge in [-0.15, -0.1) is 11.3 Å². The molecule has 5 heterocycles. The third-order valence-corrected chi connectivity index (χ3v) is 7.76. The maximum Gasteiger partial charge on any atom is 0.258 e. The predicted octanol–water partition coefficient (Wildman–Crippen LogP) is 0.929. The van der Waals surface area contributed by atoms with Crippen LogP contribution >= 0.6 is 11.3 Å². The Morgan fingerprint density at radius 2 is 1.94 bits per heavy atom. The minimum Gasteiger partial charge on any atom is -0.379 e. The smallest absolute Gasteiger partial charge is 0.258 e. The summed E-state index contributed by atoms with van der Waals surface area (Å²) < 4.78 is 8.32. The first kappa shape index (κ1) is 22.4. The number of fused-ring (bicyclic) bond motifs is 5. The Kier molecular flexibility index (Phi) is 6.06. The van der Waals surface area contributed by atoms with E-state index < -0.39 is 0 Å². The molecule has 0 radical (unpaired) electrons. The van der Waals surface area contributed by atoms with Crippen LogP contribution in [0.1, 0.15) is 10.4 Å². The summed E-state index contributed by atoms with van der Waals surface area (Å²) in [6.45, 7) is 7.63. The standard InChI is InChI=1S/C24H27N7O3S/c32-20-16-15-27-24(30-9-5-25-6-10-30)28-21(16)31-17-3-1-2-4-18(17)35-23(31)19(20)22(33)26-7-8-29-11-13-34-14-12-29/h1-4,15,25H,5-14H2,(H,26,33). The number of carbonyl (C=O) groups excluding carboxylic acids is 1. The minimum absolute atomic E-state index is 0.152. The molecule has 0 spiro atoms. The number of carbonyl (C=O) groups is 1. The number of morpholine rings is 1. The zero-order valence-electron chi connectivity index (χ0n) is 19.3. The maximum absolute atomic E-state index is 13.6. The van der Waals surface area contributed by atoms with Crippen LogP contribution in [0.5, 0.6) is 0 Å². The van der Waals surface area contributed by atoms with Gasteiger partial charge in [-0.1, -0.05) is 12.1 Å². The van der Waals surface area contributed by atoms with Gasteiger partial charge in [-0.2, -0.15) is 4.98 Å². The molecule has 2 saturated heterocycles. The van der Waals surface area contributed by atoms with E-state index in [0.29, 0.717) is 41.6 Å². The van der Waals surface area contributed by atoms with Gasteiger partial charge in [-0.05, 0) is 12.1 Å². The monoisotopic (exact) mass is 493 g/mol. The molecular formula is C24H27N7O3S. The predicted molar refractivity (Wildman–Crippen MR) is 137 cm³/mol. The minimum atomic E-state index is -0.361. The van der Waals surface area contributed by atoms with Crippen molar-refractivity contribution < 1.29 is 9.53 Å². The number of nitrogens with one attached hydrogen (secondary N) is 2. The zero-order valence-corrected chi connectivity index (χ0v) is 20.1. The highest BCUT2D eigenvalue weighted by Crippen LogP contribution is 2.31. The van der Waals surface area contributed by atoms with Crippen molar-refractivity contribution >= 4 is 49.3 Å². The summed E-state index contributed by atoms with van der Waals surface area (Å²) in [6, 6.07) is 7.91. The van der Waals surface area contributed by atoms with E-state index >= 15 is 0 Å². The number of rotatable bonds is 5. The molecule has 0 bridgehead atoms. The highest BCUT2D eigenvalue weighted by atomic mass is 32.1. The molecule has 11 heteroatoms. The normalized spacial score (nSPS) is 17.4. The lowest BCUT2D eigenvalue weighted by Crippen LogP contribution is -2.44. The molecule has 182 valence electrons. The lowest BCUT2D eigenvalue weighted by molar-refractivity contribution is 0.0383. The van der Waals surface area contributed by atoms with Gasteiger partial charge in [0, 0.05) is 58.6 Å². The number of benzene rings is 1. The van der Waals surface area contributed by atoms with E-state index in [1.54, 1.807) is 6.20 Å². The molecule has 2 N–H and O–H groups in total. The Balaban J connectivity index is 1.43. The van der Waals surface area contributed by atoms with Gasteiger partial charge in [0.2, 0.25) is 11.4 Å². The van der Waals surface area contributed by atoms with Crippen LogP contribution in [0.15, 0.2) is 35.3 Å². The Hall–Kier alpha value is -3.12. The van der Waals surface area contributed by atoms with Crippen molar-refractivity contribution in [1.82, 2.24) is 29.9 Å². The van der Waals surface area contributed by atoms with Crippen molar-refractivity contribution in [3.05, 3.63) is 46.2 Å². The molecule has 4 aromatic rings. The number of thiazole rings is 1. The fourth-order valence-corrected chi connectivity index (χ4v) is 5.93. The molecule has 3 aromatic heterocycles. The number of piperazine rings is 1. The van der Waals surface area contributed by atoms with Crippen molar-refractivity contribution in [2.45, 2.75) is 0 Å². The van der Waals surface area contributed by atoms with Crippen LogP contribution in [0.25, 0.3) is 26.1 Å². The molecule has 1 amide bonds. The summed E-state index contributed by atoms with van der Waals surface area (Å²) in [5.41, 5.74) is 1.28. The van der Waals surface area contributed by atoms with Gasteiger partial charge in [0.15, 0.2) is 5.65 Å². The van der Waals surface area contributed by atoms with Crippen molar-refractivity contribution in [3.8, 4) is 0 Å². The van der Waals surface area contributed by atoms with E-state index in [2.05, 4.69) is 25.4 Å². The summed E-state index contributed by atoms with van der Waals surface area (Å²) in [6.07, 6.45) is 1.57. The summed E-state index contributed by atoms with van der Waals surface area (Å²) in [7, 11) is 0. The van der Waals surface area contributed by atoms with Crippen LogP contribution in [0.4, 0.5) is 5.95 Å². The SMILES string of the molecule is O=C(NCCN1CCOCC1)c1c(=O)c2cnc(N3CCNCC3)nc2n2c1sc1ccccc12. The summed E-state index contributed by atoms with van der Waals surface area (Å²) in [4.78, 5) is 41.3. The van der Waals surface area contributed by atoms with Gasteiger partial charge in [-0.3, -0.25) is 18.9 Å². The Bertz CT molecular complexity index is 1450. The van der Waals surface area contributed by atoms with Crippen LogP contribution in [0.2, 0.25) is 0 Å². The number of ether oxygens (including phenoxy) is 1. The average molecular weight is 494 g/mol. The number of aromatic nitrogens is 3. The van der Waals surface area contributed by atoms with E-state index in [9.17, 15) is 9.59 Å². The van der Waals surface area contributed by atoms with Crippen LogP contribution in [-0.4, -0.2) is 90.7 Å². The third kappa shape index (κ3) is 4.14. The molecule has 2 aliphatic heterocycles. The second-order valence-corrected chi connectivity index (χ2v) is 9.80. The van der Waals surface area contributed by atoms with E-state index in [1.807, 2.05) is 28.7 Å². The molecular weight excluding hydrogens is 466 g/mol. The molecule has 10 nitrogen and oxygen atoms in total. The number of hydrogen-bond donors (Lipinski definition) is 2. The first-order valence-electron chi connectivity index (χ1n) is 12.0. The van der Waals surface area contributed by atoms with Crippen molar-refractivity contribution in [1.29, 1.82) is 0 Å². The summed E-state index contributed by atoms with van der Waals surface area (Å²) in [5, 5.41) is 6.65. The van der Waals surface area contributed by atoms with Gasteiger partial charge >= 0.3 is 0 Å². The number of hydrogen-bond acceptors (Lipinski definition) is 9. The van der Waals surface area contributed by atoms with Gasteiger partial charge in [0.05, 0.1) is 28.8 Å². The van der Waals surface area contributed by atoms with Crippen molar-refractivity contribution in [2.75, 3.05) is 70.5 Å². The van der Waals surface area contributed by atoms with Gasteiger partial charge < -0.3 is 20.3 Å². The van der Waals surface area contributed by atoms with Crippen LogP contribution in [0.3, 0.4) is 0 Å². The van der Waals surface area contributed by atoms with Gasteiger partial charge in [0.1, 0.15) is 10.4 Å². The van der Waals surface area contributed by atoms with Crippen LogP contribution in [-0.2, 0) is 4.74 Å². The summed E-state index contributed by atoms with van der Waals surface area (Å²) >= 11 is 1.44. The molecule has 6 rings (SSSR count). The lowest BCUT2D eigenvalue weighted by atomic mass is 10.2. The molecule has 2 fully saturated rings. The Labute approximate surface area is 205 Å². The fraction of sp³-hybridized carbons (Fsp3) is 0.417. The Morgan fingerprint density at radius 1 is 1.14 bits per heavy atom. The zero-order chi connectivity index (χ0) is 23.8. The van der Waals surface area contributed by atoms with Gasteiger partial charge in [-0.25, -0.2) is 4.98 Å². The second kappa shape index (κ2) is 9.50. The molecule has 2 aliphatic rings. The topological polar surface area (TPSA) is 104 Å². The molecule has 0 saturated carbocycles. The third-order valence-electron chi connectivity index (χ3n) is 6.61. The number of anilines is 1. The number of pyridine rings is 1. The quantitative estimate of drug-likeness (QED) is 0.423. The first-order chi connectivity index (χ1) is 17.2. The van der Waals surface area contributed by atoms with Gasteiger partial charge in [0.25, 0.3) is 5.91 Å². The molecule has 35 heavy (non-hydrogen) atoms. The van der Waals surface area contributed by atoms with E-state index in [0.717, 1.165) is 56.0 Å². The number of amides is 1. The molecule has 0 aliphatic carbocycles. The number of nitrogens with zero attached hydrogens (tertiary/aromatic N) is 5. The fourth-order valence-electron chi connectivity index (χ4n) is 4.74. The van der Waals surface area contributed by atoms with Crippen molar-refractivity contribution in [3.63, 3.8) is 0 Å². The molecule has 0 atom stereocenters. The molecule has 0 unspecified atom stereocenters. The average Bonchev–Trinajstić information content (AvgIpc) is 3.29. The second-order valence-electron chi connectivity index (χ2n) is 8.77. The largest absolute Gasteiger partial charge is 0.379 e. The maximum atomic E-state index is 13.6. The van der Waals surface area contributed by atoms with E-state index in [-0.39, 0.29) is 16.9 Å². The summed E-state index contributed by atoms with van der Waals surface area (Å²) in [5.74, 6) is 0.241. The highest BCUT2D eigenvalue weighted by Gasteiger charge is 2.24. The van der Waals surface area contributed by atoms with Crippen molar-refractivity contribution in [2.24, 2.45) is 0 Å². The van der Waals surface area contributed by atoms with E-state index in [1.165, 1.54) is 11.3 Å². The lowest BCUT2D eigenvalue weighted by Gasteiger charge is -2.27. The first-order valence-corrected chi connectivity index (χ1v) is 12.8. The Morgan fingerprint density at radius 3 is 2.77 bits per heavy atom. The molecule has 1 aromatic carbocycles. The highest BCUT2D eigenvalue weighted by molar-refractivity contribution is 7.24. The van der Waals surface area contributed by atoms with Crippen LogP contribution < -0.4 is 21.0 Å². The van der Waals surface area contributed by atoms with E-state index in [4.69, 9.17) is 9.72 Å². The number of para-hydroxylation sites is 1. The van der Waals surface area contributed by atoms with Crippen LogP contribution in [0, 0.1) is 0 Å².